The fraction of sp³-hybridized carbons (Fsp3) is 0.458. The molecular weight excluding hydrogens is 506 g/mol. The van der Waals surface area contributed by atoms with E-state index in [2.05, 4.69) is 26.6 Å². The Morgan fingerprint density at radius 1 is 1.10 bits per heavy atom. The topological polar surface area (TPSA) is 48.9 Å². The van der Waals surface area contributed by atoms with Gasteiger partial charge in [-0.25, -0.2) is 4.39 Å². The zero-order valence-electron chi connectivity index (χ0n) is 18.0. The third-order valence-corrected chi connectivity index (χ3v) is 6.11. The number of aliphatic imine (C=N–C) groups is 1. The normalized spacial score (nSPS) is 19.7. The van der Waals surface area contributed by atoms with Crippen LogP contribution in [-0.2, 0) is 6.54 Å². The zero-order chi connectivity index (χ0) is 20.8. The van der Waals surface area contributed by atoms with Crippen LogP contribution in [0.15, 0.2) is 53.5 Å². The minimum atomic E-state index is -0.106. The van der Waals surface area contributed by atoms with E-state index in [0.717, 1.165) is 56.2 Å². The Kier molecular flexibility index (Phi) is 8.95. The smallest absolute Gasteiger partial charge is 0.191 e. The molecule has 0 aromatic heterocycles. The summed E-state index contributed by atoms with van der Waals surface area (Å²) in [4.78, 5) is 6.77. The van der Waals surface area contributed by atoms with Crippen molar-refractivity contribution in [3.63, 3.8) is 0 Å². The van der Waals surface area contributed by atoms with Gasteiger partial charge in [0.05, 0.1) is 12.6 Å². The Labute approximate surface area is 201 Å². The summed E-state index contributed by atoms with van der Waals surface area (Å²) in [6, 6.07) is 15.5. The van der Waals surface area contributed by atoms with E-state index in [1.807, 2.05) is 37.4 Å². The fourth-order valence-electron chi connectivity index (χ4n) is 4.31. The monoisotopic (exact) mass is 538 g/mol. The van der Waals surface area contributed by atoms with Crippen LogP contribution in [0.5, 0.6) is 5.75 Å². The number of rotatable bonds is 5. The van der Waals surface area contributed by atoms with Gasteiger partial charge in [0.1, 0.15) is 11.6 Å². The SMILES string of the molecule is CN=C(NCC1CCN(Cc2ccccc2F)CC1)NC1CCOc2ccccc21.I. The molecular formula is C24H32FIN4O. The summed E-state index contributed by atoms with van der Waals surface area (Å²) >= 11 is 0. The van der Waals surface area contributed by atoms with E-state index in [-0.39, 0.29) is 35.8 Å². The van der Waals surface area contributed by atoms with Crippen molar-refractivity contribution in [1.82, 2.24) is 15.5 Å². The summed E-state index contributed by atoms with van der Waals surface area (Å²) in [6.07, 6.45) is 3.14. The number of nitrogens with one attached hydrogen (secondary N) is 2. The first-order valence-electron chi connectivity index (χ1n) is 10.9. The summed E-state index contributed by atoms with van der Waals surface area (Å²) in [5.41, 5.74) is 1.98. The molecule has 0 amide bonds. The van der Waals surface area contributed by atoms with Gasteiger partial charge in [-0.05, 0) is 44.0 Å². The summed E-state index contributed by atoms with van der Waals surface area (Å²) in [5, 5.41) is 7.07. The number of fused-ring (bicyclic) bond motifs is 1. The number of piperidine rings is 1. The third-order valence-electron chi connectivity index (χ3n) is 6.11. The Bertz CT molecular complexity index is 870. The van der Waals surface area contributed by atoms with E-state index in [0.29, 0.717) is 19.1 Å². The first kappa shape index (κ1) is 23.8. The zero-order valence-corrected chi connectivity index (χ0v) is 20.3. The first-order chi connectivity index (χ1) is 14.7. The predicted molar refractivity (Wildman–Crippen MR) is 134 cm³/mol. The molecule has 0 radical (unpaired) electrons. The number of nitrogens with zero attached hydrogens (tertiary/aromatic N) is 2. The first-order valence-corrected chi connectivity index (χ1v) is 10.9. The van der Waals surface area contributed by atoms with E-state index in [1.54, 1.807) is 12.1 Å². The van der Waals surface area contributed by atoms with Gasteiger partial charge in [-0.3, -0.25) is 9.89 Å². The molecule has 0 spiro atoms. The van der Waals surface area contributed by atoms with Crippen molar-refractivity contribution in [1.29, 1.82) is 0 Å². The van der Waals surface area contributed by atoms with Crippen molar-refractivity contribution in [2.75, 3.05) is 33.3 Å². The minimum absolute atomic E-state index is 0. The van der Waals surface area contributed by atoms with Gasteiger partial charge in [-0.1, -0.05) is 36.4 Å². The molecule has 2 aliphatic heterocycles. The number of hydrogen-bond acceptors (Lipinski definition) is 3. The second kappa shape index (κ2) is 11.7. The summed E-state index contributed by atoms with van der Waals surface area (Å²) in [7, 11) is 1.82. The fourth-order valence-corrected chi connectivity index (χ4v) is 4.31. The van der Waals surface area contributed by atoms with E-state index >= 15 is 0 Å². The average Bonchev–Trinajstić information content (AvgIpc) is 2.79. The summed E-state index contributed by atoms with van der Waals surface area (Å²) < 4.78 is 19.6. The van der Waals surface area contributed by atoms with Crippen LogP contribution in [0.25, 0.3) is 0 Å². The second-order valence-corrected chi connectivity index (χ2v) is 8.14. The molecule has 4 rings (SSSR count). The molecule has 1 unspecified atom stereocenters. The molecule has 1 saturated heterocycles. The van der Waals surface area contributed by atoms with Crippen molar-refractivity contribution >= 4 is 29.9 Å². The van der Waals surface area contributed by atoms with E-state index in [1.165, 1.54) is 5.56 Å². The number of guanidine groups is 1. The summed E-state index contributed by atoms with van der Waals surface area (Å²) in [6.45, 7) is 4.31. The van der Waals surface area contributed by atoms with Gasteiger partial charge in [0.2, 0.25) is 0 Å². The van der Waals surface area contributed by atoms with Gasteiger partial charge in [-0.15, -0.1) is 24.0 Å². The Morgan fingerprint density at radius 3 is 2.61 bits per heavy atom. The molecule has 1 atom stereocenters. The molecule has 2 heterocycles. The van der Waals surface area contributed by atoms with Crippen LogP contribution in [0, 0.1) is 11.7 Å². The molecule has 2 N–H and O–H groups in total. The van der Waals surface area contributed by atoms with Gasteiger partial charge >= 0.3 is 0 Å². The Balaban J connectivity index is 0.00000272. The molecule has 0 aliphatic carbocycles. The molecule has 31 heavy (non-hydrogen) atoms. The molecule has 5 nitrogen and oxygen atoms in total. The van der Waals surface area contributed by atoms with E-state index in [9.17, 15) is 4.39 Å². The number of halogens is 2. The molecule has 0 bridgehead atoms. The minimum Gasteiger partial charge on any atom is -0.493 e. The number of benzene rings is 2. The van der Waals surface area contributed by atoms with E-state index < -0.39 is 0 Å². The molecule has 2 aromatic carbocycles. The lowest BCUT2D eigenvalue weighted by Crippen LogP contribution is -2.44. The van der Waals surface area contributed by atoms with Crippen molar-refractivity contribution in [2.24, 2.45) is 10.9 Å². The lowest BCUT2D eigenvalue weighted by atomic mass is 9.96. The Hall–Kier alpha value is -1.87. The number of hydrogen-bond donors (Lipinski definition) is 2. The van der Waals surface area contributed by atoms with Crippen molar-refractivity contribution < 1.29 is 9.13 Å². The van der Waals surface area contributed by atoms with Crippen LogP contribution < -0.4 is 15.4 Å². The second-order valence-electron chi connectivity index (χ2n) is 8.14. The maximum Gasteiger partial charge on any atom is 0.191 e. The van der Waals surface area contributed by atoms with Gasteiger partial charge in [0.25, 0.3) is 0 Å². The molecule has 1 fully saturated rings. The molecule has 7 heteroatoms. The average molecular weight is 538 g/mol. The van der Waals surface area contributed by atoms with Crippen molar-refractivity contribution in [3.05, 3.63) is 65.5 Å². The van der Waals surface area contributed by atoms with Gasteiger partial charge < -0.3 is 15.4 Å². The van der Waals surface area contributed by atoms with Crippen molar-refractivity contribution in [2.45, 2.75) is 31.8 Å². The lowest BCUT2D eigenvalue weighted by molar-refractivity contribution is 0.176. The van der Waals surface area contributed by atoms with Gasteiger partial charge in [-0.2, -0.15) is 0 Å². The van der Waals surface area contributed by atoms with Gasteiger partial charge in [0, 0.05) is 37.7 Å². The number of para-hydroxylation sites is 1. The highest BCUT2D eigenvalue weighted by molar-refractivity contribution is 14.0. The largest absolute Gasteiger partial charge is 0.493 e. The van der Waals surface area contributed by atoms with Crippen LogP contribution in [0.4, 0.5) is 4.39 Å². The summed E-state index contributed by atoms with van der Waals surface area (Å²) in [5.74, 6) is 2.29. The molecule has 168 valence electrons. The Morgan fingerprint density at radius 2 is 1.84 bits per heavy atom. The maximum atomic E-state index is 13.9. The van der Waals surface area contributed by atoms with Crippen LogP contribution in [0.3, 0.4) is 0 Å². The highest BCUT2D eigenvalue weighted by atomic mass is 127. The van der Waals surface area contributed by atoms with Crippen LogP contribution in [0.1, 0.15) is 36.4 Å². The predicted octanol–water partition coefficient (Wildman–Crippen LogP) is 4.34. The standard InChI is InChI=1S/C24H31FN4O.HI/c1-26-24(28-22-12-15-30-23-9-5-3-7-20(22)23)27-16-18-10-13-29(14-11-18)17-19-6-2-4-8-21(19)25;/h2-9,18,22H,10-17H2,1H3,(H2,26,27,28);1H. The van der Waals surface area contributed by atoms with E-state index in [4.69, 9.17) is 4.74 Å². The highest BCUT2D eigenvalue weighted by Gasteiger charge is 2.23. The van der Waals surface area contributed by atoms with Crippen LogP contribution in [-0.4, -0.2) is 44.1 Å². The van der Waals surface area contributed by atoms with Crippen LogP contribution >= 0.6 is 24.0 Å². The molecule has 2 aromatic rings. The maximum absolute atomic E-state index is 13.9. The van der Waals surface area contributed by atoms with Crippen molar-refractivity contribution in [3.8, 4) is 5.75 Å². The number of likely N-dealkylation sites (tertiary alicyclic amines) is 1. The number of ether oxygens (including phenoxy) is 1. The third kappa shape index (κ3) is 6.32. The highest BCUT2D eigenvalue weighted by Crippen LogP contribution is 2.31. The lowest BCUT2D eigenvalue weighted by Gasteiger charge is -2.33. The molecule has 0 saturated carbocycles. The quantitative estimate of drug-likeness (QED) is 0.338. The molecule has 2 aliphatic rings. The van der Waals surface area contributed by atoms with Crippen LogP contribution in [0.2, 0.25) is 0 Å². The van der Waals surface area contributed by atoms with Gasteiger partial charge in [0.15, 0.2) is 5.96 Å².